The molecule has 0 spiro atoms. The van der Waals surface area contributed by atoms with E-state index in [0.717, 1.165) is 0 Å². The van der Waals surface area contributed by atoms with E-state index in [-0.39, 0.29) is 22.4 Å². The van der Waals surface area contributed by atoms with Crippen LogP contribution in [-0.2, 0) is 10.0 Å². The van der Waals surface area contributed by atoms with Crippen molar-refractivity contribution in [3.63, 3.8) is 0 Å². The molecule has 7 heteroatoms. The molecule has 0 radical (unpaired) electrons. The van der Waals surface area contributed by atoms with Crippen LogP contribution in [0.1, 0.15) is 6.92 Å². The van der Waals surface area contributed by atoms with E-state index in [1.54, 1.807) is 0 Å². The zero-order valence-corrected chi connectivity index (χ0v) is 12.1. The summed E-state index contributed by atoms with van der Waals surface area (Å²) in [6, 6.07) is 2.80. The number of aromatic nitrogens is 1. The molecule has 0 aromatic carbocycles. The number of aromatic amines is 1. The Labute approximate surface area is 113 Å². The number of nitrogens with one attached hydrogen (secondary N) is 1. The molecule has 2 heterocycles. The van der Waals surface area contributed by atoms with Crippen molar-refractivity contribution in [2.24, 2.45) is 5.92 Å². The molecule has 106 valence electrons. The summed E-state index contributed by atoms with van der Waals surface area (Å²) < 4.78 is 26.4. The summed E-state index contributed by atoms with van der Waals surface area (Å²) >= 11 is 0. The topological polar surface area (TPSA) is 73.5 Å². The highest BCUT2D eigenvalue weighted by molar-refractivity contribution is 7.89. The first-order valence-corrected chi connectivity index (χ1v) is 7.61. The van der Waals surface area contributed by atoms with Gasteiger partial charge in [-0.15, -0.1) is 0 Å². The highest BCUT2D eigenvalue weighted by Gasteiger charge is 2.38. The number of hydrogen-bond donors (Lipinski definition) is 1. The van der Waals surface area contributed by atoms with Crippen molar-refractivity contribution >= 4 is 10.0 Å². The van der Waals surface area contributed by atoms with Gasteiger partial charge < -0.3 is 9.88 Å². The Bertz CT molecular complexity index is 588. The highest BCUT2D eigenvalue weighted by Crippen LogP contribution is 2.25. The number of hydrogen-bond acceptors (Lipinski definition) is 4. The van der Waals surface area contributed by atoms with Crippen molar-refractivity contribution in [3.05, 3.63) is 28.7 Å². The Hall–Kier alpha value is -1.18. The average molecular weight is 285 g/mol. The summed E-state index contributed by atoms with van der Waals surface area (Å²) in [5, 5.41) is 0. The highest BCUT2D eigenvalue weighted by atomic mass is 32.2. The van der Waals surface area contributed by atoms with Crippen molar-refractivity contribution in [2.75, 3.05) is 27.2 Å². The fourth-order valence-corrected chi connectivity index (χ4v) is 4.01. The number of H-pyrrole nitrogens is 1. The van der Waals surface area contributed by atoms with Gasteiger partial charge in [0.1, 0.15) is 0 Å². The van der Waals surface area contributed by atoms with Crippen molar-refractivity contribution in [1.29, 1.82) is 0 Å². The Kier molecular flexibility index (Phi) is 3.80. The molecule has 0 bridgehead atoms. The van der Waals surface area contributed by atoms with Crippen molar-refractivity contribution in [2.45, 2.75) is 17.9 Å². The number of sulfonamides is 1. The molecule has 0 aliphatic carbocycles. The lowest BCUT2D eigenvalue weighted by Gasteiger charge is -2.22. The molecule has 2 rings (SSSR count). The van der Waals surface area contributed by atoms with Crippen LogP contribution in [0.2, 0.25) is 0 Å². The molecule has 0 saturated carbocycles. The van der Waals surface area contributed by atoms with E-state index in [2.05, 4.69) is 4.98 Å². The van der Waals surface area contributed by atoms with Gasteiger partial charge in [-0.05, 0) is 26.1 Å². The second-order valence-electron chi connectivity index (χ2n) is 5.22. The Balaban J connectivity index is 2.27. The van der Waals surface area contributed by atoms with Gasteiger partial charge in [0.25, 0.3) is 0 Å². The molecule has 1 aromatic rings. The van der Waals surface area contributed by atoms with Crippen molar-refractivity contribution in [1.82, 2.24) is 14.2 Å². The molecule has 2 atom stereocenters. The van der Waals surface area contributed by atoms with E-state index < -0.39 is 10.0 Å². The monoisotopic (exact) mass is 285 g/mol. The quantitative estimate of drug-likeness (QED) is 0.845. The third kappa shape index (κ3) is 2.72. The van der Waals surface area contributed by atoms with Crippen LogP contribution in [0.5, 0.6) is 0 Å². The fourth-order valence-electron chi connectivity index (χ4n) is 2.48. The Morgan fingerprint density at radius 2 is 2.00 bits per heavy atom. The van der Waals surface area contributed by atoms with Gasteiger partial charge in [0.15, 0.2) is 0 Å². The lowest BCUT2D eigenvalue weighted by Crippen LogP contribution is -2.35. The summed E-state index contributed by atoms with van der Waals surface area (Å²) in [5.74, 6) is 0.285. The average Bonchev–Trinajstić information content (AvgIpc) is 2.72. The largest absolute Gasteiger partial charge is 0.328 e. The molecular weight excluding hydrogens is 266 g/mol. The summed E-state index contributed by atoms with van der Waals surface area (Å²) in [6.07, 6.45) is 1.26. The minimum atomic E-state index is -3.52. The molecule has 6 nitrogen and oxygen atoms in total. The summed E-state index contributed by atoms with van der Waals surface area (Å²) in [5.41, 5.74) is -0.306. The van der Waals surface area contributed by atoms with Gasteiger partial charge in [0.05, 0.1) is 4.90 Å². The van der Waals surface area contributed by atoms with Gasteiger partial charge in [-0.2, -0.15) is 4.31 Å². The second kappa shape index (κ2) is 5.07. The normalized spacial score (nSPS) is 25.1. The second-order valence-corrected chi connectivity index (χ2v) is 7.16. The van der Waals surface area contributed by atoms with Crippen LogP contribution >= 0.6 is 0 Å². The number of likely N-dealkylation sites (N-methyl/N-ethyl adjacent to an activating group) is 1. The summed E-state index contributed by atoms with van der Waals surface area (Å²) in [6.45, 7) is 3.03. The summed E-state index contributed by atoms with van der Waals surface area (Å²) in [4.78, 5) is 15.6. The Morgan fingerprint density at radius 3 is 2.47 bits per heavy atom. The number of pyridine rings is 1. The van der Waals surface area contributed by atoms with E-state index in [1.165, 1.54) is 22.6 Å². The molecular formula is C12H19N3O3S. The third-order valence-electron chi connectivity index (χ3n) is 3.60. The van der Waals surface area contributed by atoms with Crippen LogP contribution in [0.25, 0.3) is 0 Å². The van der Waals surface area contributed by atoms with Gasteiger partial charge in [0, 0.05) is 31.4 Å². The molecule has 1 fully saturated rings. The van der Waals surface area contributed by atoms with E-state index in [9.17, 15) is 13.2 Å². The van der Waals surface area contributed by atoms with E-state index >= 15 is 0 Å². The molecule has 1 N–H and O–H groups in total. The van der Waals surface area contributed by atoms with Gasteiger partial charge in [-0.3, -0.25) is 4.79 Å². The Morgan fingerprint density at radius 1 is 1.32 bits per heavy atom. The van der Waals surface area contributed by atoms with Crippen LogP contribution < -0.4 is 5.56 Å². The van der Waals surface area contributed by atoms with Gasteiger partial charge in [-0.1, -0.05) is 6.92 Å². The number of rotatable bonds is 3. The molecule has 2 unspecified atom stereocenters. The molecule has 1 aliphatic rings. The van der Waals surface area contributed by atoms with Crippen LogP contribution in [0.3, 0.4) is 0 Å². The predicted octanol–water partition coefficient (Wildman–Crippen LogP) is -0.0545. The smallest absolute Gasteiger partial charge is 0.247 e. The van der Waals surface area contributed by atoms with Crippen LogP contribution in [-0.4, -0.2) is 55.8 Å². The SMILES string of the molecule is CC1CN(S(=O)(=O)c2ccc(=O)[nH]c2)CC1N(C)C. The van der Waals surface area contributed by atoms with E-state index in [0.29, 0.717) is 13.1 Å². The van der Waals surface area contributed by atoms with Gasteiger partial charge >= 0.3 is 0 Å². The molecule has 1 saturated heterocycles. The van der Waals surface area contributed by atoms with Crippen LogP contribution in [0.4, 0.5) is 0 Å². The lowest BCUT2D eigenvalue weighted by molar-refractivity contribution is 0.263. The van der Waals surface area contributed by atoms with Gasteiger partial charge in [-0.25, -0.2) is 8.42 Å². The van der Waals surface area contributed by atoms with Crippen molar-refractivity contribution < 1.29 is 8.42 Å². The minimum absolute atomic E-state index is 0.138. The maximum atomic E-state index is 12.4. The first kappa shape index (κ1) is 14.2. The predicted molar refractivity (Wildman–Crippen MR) is 72.5 cm³/mol. The minimum Gasteiger partial charge on any atom is -0.328 e. The molecule has 1 aliphatic heterocycles. The molecule has 0 amide bonds. The van der Waals surface area contributed by atoms with Crippen LogP contribution in [0.15, 0.2) is 28.0 Å². The lowest BCUT2D eigenvalue weighted by atomic mass is 10.1. The standard InChI is InChI=1S/C12H19N3O3S/c1-9-7-15(8-11(9)14(2)3)19(17,18)10-4-5-12(16)13-6-10/h4-6,9,11H,7-8H2,1-3H3,(H,13,16). The maximum Gasteiger partial charge on any atom is 0.247 e. The summed E-state index contributed by atoms with van der Waals surface area (Å²) in [7, 11) is 0.393. The van der Waals surface area contributed by atoms with E-state index in [1.807, 2.05) is 25.9 Å². The first-order chi connectivity index (χ1) is 8.82. The van der Waals surface area contributed by atoms with Crippen LogP contribution in [0, 0.1) is 5.92 Å². The first-order valence-electron chi connectivity index (χ1n) is 6.17. The maximum absolute atomic E-state index is 12.4. The molecule has 1 aromatic heterocycles. The third-order valence-corrected chi connectivity index (χ3v) is 5.42. The molecule has 19 heavy (non-hydrogen) atoms. The zero-order valence-electron chi connectivity index (χ0n) is 11.3. The fraction of sp³-hybridized carbons (Fsp3) is 0.583. The zero-order chi connectivity index (χ0) is 14.2. The van der Waals surface area contributed by atoms with Crippen molar-refractivity contribution in [3.8, 4) is 0 Å². The number of nitrogens with zero attached hydrogens (tertiary/aromatic N) is 2. The van der Waals surface area contributed by atoms with Gasteiger partial charge in [0.2, 0.25) is 15.6 Å². The van der Waals surface area contributed by atoms with E-state index in [4.69, 9.17) is 0 Å².